The first-order valence-electron chi connectivity index (χ1n) is 5.28. The molecular formula is C12H17NO2S. The standard InChI is InChI=1S/C12H17NO2S/c1-3-15-12(14)11(8-16)13-10-6-4-9(2)5-7-10/h4-7,11,13,16H,3,8H2,1-2H3/t11-/m1/s1. The first-order valence-corrected chi connectivity index (χ1v) is 5.91. The van der Waals surface area contributed by atoms with E-state index >= 15 is 0 Å². The van der Waals surface area contributed by atoms with E-state index in [0.29, 0.717) is 12.4 Å². The van der Waals surface area contributed by atoms with E-state index in [0.717, 1.165) is 5.69 Å². The molecule has 1 atom stereocenters. The Hall–Kier alpha value is -1.16. The maximum atomic E-state index is 11.5. The van der Waals surface area contributed by atoms with E-state index in [4.69, 9.17) is 4.74 Å². The number of esters is 1. The summed E-state index contributed by atoms with van der Waals surface area (Å²) in [5.74, 6) is 0.144. The molecule has 0 spiro atoms. The highest BCUT2D eigenvalue weighted by Gasteiger charge is 2.17. The van der Waals surface area contributed by atoms with E-state index in [-0.39, 0.29) is 5.97 Å². The molecule has 0 fully saturated rings. The molecule has 0 saturated carbocycles. The third-order valence-corrected chi connectivity index (χ3v) is 2.51. The smallest absolute Gasteiger partial charge is 0.329 e. The van der Waals surface area contributed by atoms with Gasteiger partial charge < -0.3 is 10.1 Å². The molecule has 1 N–H and O–H groups in total. The minimum Gasteiger partial charge on any atom is -0.464 e. The van der Waals surface area contributed by atoms with Gasteiger partial charge in [0.05, 0.1) is 6.61 Å². The van der Waals surface area contributed by atoms with Gasteiger partial charge in [0.25, 0.3) is 0 Å². The Bertz CT molecular complexity index is 337. The van der Waals surface area contributed by atoms with Crippen LogP contribution in [0, 0.1) is 6.92 Å². The molecule has 0 amide bonds. The highest BCUT2D eigenvalue weighted by atomic mass is 32.1. The summed E-state index contributed by atoms with van der Waals surface area (Å²) in [4.78, 5) is 11.5. The maximum Gasteiger partial charge on any atom is 0.329 e. The van der Waals surface area contributed by atoms with Gasteiger partial charge in [-0.15, -0.1) is 0 Å². The molecule has 0 aliphatic rings. The van der Waals surface area contributed by atoms with Crippen LogP contribution >= 0.6 is 12.6 Å². The van der Waals surface area contributed by atoms with Crippen molar-refractivity contribution in [2.75, 3.05) is 17.7 Å². The van der Waals surface area contributed by atoms with Gasteiger partial charge in [0.1, 0.15) is 6.04 Å². The molecule has 0 bridgehead atoms. The third-order valence-electron chi connectivity index (χ3n) is 2.15. The lowest BCUT2D eigenvalue weighted by molar-refractivity contribution is -0.143. The van der Waals surface area contributed by atoms with Crippen LogP contribution in [-0.2, 0) is 9.53 Å². The van der Waals surface area contributed by atoms with Crippen LogP contribution in [0.25, 0.3) is 0 Å². The van der Waals surface area contributed by atoms with E-state index in [9.17, 15) is 4.79 Å². The van der Waals surface area contributed by atoms with Crippen molar-refractivity contribution in [1.29, 1.82) is 0 Å². The summed E-state index contributed by atoms with van der Waals surface area (Å²) in [7, 11) is 0. The SMILES string of the molecule is CCOC(=O)[C@@H](CS)Nc1ccc(C)cc1. The van der Waals surface area contributed by atoms with Crippen molar-refractivity contribution in [3.63, 3.8) is 0 Å². The molecule has 0 aromatic heterocycles. The van der Waals surface area contributed by atoms with Gasteiger partial charge in [-0.3, -0.25) is 0 Å². The van der Waals surface area contributed by atoms with Crippen LogP contribution in [0.5, 0.6) is 0 Å². The summed E-state index contributed by atoms with van der Waals surface area (Å²) in [6.07, 6.45) is 0. The van der Waals surface area contributed by atoms with Crippen LogP contribution < -0.4 is 5.32 Å². The average molecular weight is 239 g/mol. The highest BCUT2D eigenvalue weighted by Crippen LogP contribution is 2.11. The first-order chi connectivity index (χ1) is 7.67. The van der Waals surface area contributed by atoms with Gasteiger partial charge >= 0.3 is 5.97 Å². The van der Waals surface area contributed by atoms with Crippen LogP contribution in [0.2, 0.25) is 0 Å². The number of rotatable bonds is 5. The molecule has 0 aliphatic carbocycles. The molecule has 0 radical (unpaired) electrons. The Labute approximate surface area is 102 Å². The summed E-state index contributed by atoms with van der Waals surface area (Å²) < 4.78 is 4.94. The van der Waals surface area contributed by atoms with E-state index in [2.05, 4.69) is 17.9 Å². The van der Waals surface area contributed by atoms with Crippen LogP contribution in [0.4, 0.5) is 5.69 Å². The molecule has 1 aromatic rings. The zero-order chi connectivity index (χ0) is 12.0. The fraction of sp³-hybridized carbons (Fsp3) is 0.417. The fourth-order valence-corrected chi connectivity index (χ4v) is 1.51. The number of hydrogen-bond acceptors (Lipinski definition) is 4. The topological polar surface area (TPSA) is 38.3 Å². The number of hydrogen-bond donors (Lipinski definition) is 2. The molecule has 4 heteroatoms. The Morgan fingerprint density at radius 3 is 2.56 bits per heavy atom. The number of nitrogens with one attached hydrogen (secondary N) is 1. The zero-order valence-corrected chi connectivity index (χ0v) is 10.5. The van der Waals surface area contributed by atoms with Crippen molar-refractivity contribution in [2.45, 2.75) is 19.9 Å². The van der Waals surface area contributed by atoms with Crippen molar-refractivity contribution in [3.05, 3.63) is 29.8 Å². The monoisotopic (exact) mass is 239 g/mol. The summed E-state index contributed by atoms with van der Waals surface area (Å²) >= 11 is 4.13. The Balaban J connectivity index is 2.62. The largest absolute Gasteiger partial charge is 0.464 e. The second-order valence-electron chi connectivity index (χ2n) is 3.50. The number of ether oxygens (including phenoxy) is 1. The average Bonchev–Trinajstić information content (AvgIpc) is 2.28. The van der Waals surface area contributed by atoms with Crippen LogP contribution in [0.15, 0.2) is 24.3 Å². The van der Waals surface area contributed by atoms with Crippen molar-refractivity contribution >= 4 is 24.3 Å². The quantitative estimate of drug-likeness (QED) is 0.611. The summed E-state index contributed by atoms with van der Waals surface area (Å²) in [6, 6.07) is 7.45. The number of aryl methyl sites for hydroxylation is 1. The number of anilines is 1. The molecule has 0 saturated heterocycles. The highest BCUT2D eigenvalue weighted by molar-refractivity contribution is 7.80. The summed E-state index contributed by atoms with van der Waals surface area (Å²) in [5, 5.41) is 3.09. The lowest BCUT2D eigenvalue weighted by atomic mass is 10.2. The minimum absolute atomic E-state index is 0.266. The second kappa shape index (κ2) is 6.43. The Kier molecular flexibility index (Phi) is 5.19. The van der Waals surface area contributed by atoms with Gasteiger partial charge in [0.15, 0.2) is 0 Å². The van der Waals surface area contributed by atoms with Crippen LogP contribution in [-0.4, -0.2) is 24.4 Å². The van der Waals surface area contributed by atoms with Gasteiger partial charge in [-0.05, 0) is 26.0 Å². The molecule has 0 aliphatic heterocycles. The molecule has 88 valence electrons. The lowest BCUT2D eigenvalue weighted by Crippen LogP contribution is -2.33. The second-order valence-corrected chi connectivity index (χ2v) is 3.86. The zero-order valence-electron chi connectivity index (χ0n) is 9.56. The van der Waals surface area contributed by atoms with Gasteiger partial charge in [-0.1, -0.05) is 17.7 Å². The van der Waals surface area contributed by atoms with E-state index < -0.39 is 6.04 Å². The molecule has 0 unspecified atom stereocenters. The molecule has 1 rings (SSSR count). The fourth-order valence-electron chi connectivity index (χ4n) is 1.27. The predicted molar refractivity (Wildman–Crippen MR) is 69.1 cm³/mol. The van der Waals surface area contributed by atoms with Crippen molar-refractivity contribution in [3.8, 4) is 0 Å². The normalized spacial score (nSPS) is 11.9. The van der Waals surface area contributed by atoms with Gasteiger partial charge in [0.2, 0.25) is 0 Å². The number of carbonyl (C=O) groups is 1. The van der Waals surface area contributed by atoms with E-state index in [1.165, 1.54) is 5.56 Å². The van der Waals surface area contributed by atoms with Gasteiger partial charge in [0, 0.05) is 11.4 Å². The number of thiol groups is 1. The van der Waals surface area contributed by atoms with Crippen molar-refractivity contribution in [1.82, 2.24) is 0 Å². The van der Waals surface area contributed by atoms with Crippen LogP contribution in [0.1, 0.15) is 12.5 Å². The number of benzene rings is 1. The maximum absolute atomic E-state index is 11.5. The molecule has 1 aromatic carbocycles. The number of carbonyl (C=O) groups excluding carboxylic acids is 1. The Morgan fingerprint density at radius 1 is 1.44 bits per heavy atom. The van der Waals surface area contributed by atoms with Crippen molar-refractivity contribution < 1.29 is 9.53 Å². The first kappa shape index (κ1) is 12.9. The van der Waals surface area contributed by atoms with E-state index in [1.54, 1.807) is 6.92 Å². The Morgan fingerprint density at radius 2 is 2.06 bits per heavy atom. The summed E-state index contributed by atoms with van der Waals surface area (Å²) in [6.45, 7) is 4.20. The van der Waals surface area contributed by atoms with Crippen LogP contribution in [0.3, 0.4) is 0 Å². The molecular weight excluding hydrogens is 222 g/mol. The van der Waals surface area contributed by atoms with E-state index in [1.807, 2.05) is 31.2 Å². The molecule has 3 nitrogen and oxygen atoms in total. The predicted octanol–water partition coefficient (Wildman–Crippen LogP) is 2.27. The minimum atomic E-state index is -0.397. The molecule has 0 heterocycles. The van der Waals surface area contributed by atoms with Crippen molar-refractivity contribution in [2.24, 2.45) is 0 Å². The molecule has 16 heavy (non-hydrogen) atoms. The van der Waals surface area contributed by atoms with Gasteiger partial charge in [-0.25, -0.2) is 4.79 Å². The third kappa shape index (κ3) is 3.77. The summed E-state index contributed by atoms with van der Waals surface area (Å²) in [5.41, 5.74) is 2.09. The lowest BCUT2D eigenvalue weighted by Gasteiger charge is -2.16. The van der Waals surface area contributed by atoms with Gasteiger partial charge in [-0.2, -0.15) is 12.6 Å².